The number of phenols is 1. The Morgan fingerprint density at radius 1 is 1.19 bits per heavy atom. The summed E-state index contributed by atoms with van der Waals surface area (Å²) >= 11 is 0. The molecule has 1 rings (SSSR count). The molecule has 0 spiro atoms. The number of phenolic OH excluding ortho intramolecular Hbond substituents is 1. The molecule has 1 unspecified atom stereocenters. The van der Waals surface area contributed by atoms with Crippen LogP contribution in [-0.2, 0) is 16.0 Å². The first-order valence-electron chi connectivity index (χ1n) is 6.83. The summed E-state index contributed by atoms with van der Waals surface area (Å²) in [4.78, 5) is 22.8. The first-order chi connectivity index (χ1) is 9.52. The van der Waals surface area contributed by atoms with Crippen LogP contribution in [0.4, 0.5) is 0 Å². The Hall–Kier alpha value is -0.404. The number of amides is 1. The summed E-state index contributed by atoms with van der Waals surface area (Å²) in [6.07, 6.45) is 3.31. The number of carboxylic acids is 1. The fraction of sp³-hybridized carbons (Fsp3) is 0.467. The van der Waals surface area contributed by atoms with E-state index >= 15 is 0 Å². The van der Waals surface area contributed by atoms with Gasteiger partial charge in [-0.15, -0.1) is 0 Å². The first-order valence-corrected chi connectivity index (χ1v) is 6.83. The molecule has 21 heavy (non-hydrogen) atoms. The van der Waals surface area contributed by atoms with Crippen molar-refractivity contribution in [3.8, 4) is 5.75 Å². The van der Waals surface area contributed by atoms with Crippen molar-refractivity contribution in [2.75, 3.05) is 0 Å². The van der Waals surface area contributed by atoms with E-state index in [0.717, 1.165) is 24.8 Å². The number of rotatable bonds is 8. The number of carbonyl (C=O) groups is 2. The van der Waals surface area contributed by atoms with Crippen LogP contribution in [0.2, 0.25) is 0 Å². The normalized spacial score (nSPS) is 11.3. The van der Waals surface area contributed by atoms with E-state index in [1.165, 1.54) is 12.1 Å². The van der Waals surface area contributed by atoms with Crippen LogP contribution < -0.4 is 5.32 Å². The zero-order valence-electron chi connectivity index (χ0n) is 11.6. The van der Waals surface area contributed by atoms with Gasteiger partial charge >= 0.3 is 57.4 Å². The third-order valence-electron chi connectivity index (χ3n) is 3.02. The van der Waals surface area contributed by atoms with Crippen LogP contribution in [0.25, 0.3) is 0 Å². The summed E-state index contributed by atoms with van der Waals surface area (Å²) in [7, 11) is 0. The van der Waals surface area contributed by atoms with Gasteiger partial charge in [-0.3, -0.25) is 4.79 Å². The van der Waals surface area contributed by atoms with Crippen LogP contribution in [0.15, 0.2) is 24.3 Å². The van der Waals surface area contributed by atoms with Crippen molar-refractivity contribution in [1.82, 2.24) is 5.32 Å². The number of hydrogen-bond donors (Lipinski definition) is 3. The molecule has 0 aliphatic rings. The van der Waals surface area contributed by atoms with Gasteiger partial charge in [0.1, 0.15) is 11.8 Å². The summed E-state index contributed by atoms with van der Waals surface area (Å²) < 4.78 is 0. The summed E-state index contributed by atoms with van der Waals surface area (Å²) in [5, 5.41) is 20.9. The van der Waals surface area contributed by atoms with Crippen molar-refractivity contribution in [1.29, 1.82) is 0 Å². The molecule has 1 amide bonds. The Morgan fingerprint density at radius 3 is 2.33 bits per heavy atom. The van der Waals surface area contributed by atoms with Gasteiger partial charge in [0.2, 0.25) is 5.91 Å². The number of nitrogens with one attached hydrogen (secondary N) is 1. The Balaban J connectivity index is 0.00000400. The second kappa shape index (κ2) is 11.2. The summed E-state index contributed by atoms with van der Waals surface area (Å²) in [5.41, 5.74) is 0.754. The van der Waals surface area contributed by atoms with Crippen LogP contribution in [0, 0.1) is 0 Å². The molecule has 1 aromatic rings. The van der Waals surface area contributed by atoms with Crippen LogP contribution in [0.3, 0.4) is 0 Å². The number of carboxylic acid groups (broad SMARTS) is 1. The fourth-order valence-electron chi connectivity index (χ4n) is 1.87. The van der Waals surface area contributed by atoms with Gasteiger partial charge in [-0.1, -0.05) is 31.9 Å². The van der Waals surface area contributed by atoms with Crippen molar-refractivity contribution < 1.29 is 19.8 Å². The molecule has 5 nitrogen and oxygen atoms in total. The van der Waals surface area contributed by atoms with Crippen molar-refractivity contribution in [2.24, 2.45) is 0 Å². The van der Waals surface area contributed by atoms with Gasteiger partial charge in [0, 0.05) is 12.8 Å². The Morgan fingerprint density at radius 2 is 1.81 bits per heavy atom. The van der Waals surface area contributed by atoms with Crippen molar-refractivity contribution in [3.05, 3.63) is 29.8 Å². The first kappa shape index (κ1) is 20.6. The van der Waals surface area contributed by atoms with Crippen molar-refractivity contribution >= 4 is 63.3 Å². The van der Waals surface area contributed by atoms with Crippen LogP contribution >= 0.6 is 0 Å². The van der Waals surface area contributed by atoms with Gasteiger partial charge in [-0.2, -0.15) is 0 Å². The van der Waals surface area contributed by atoms with Gasteiger partial charge < -0.3 is 15.5 Å². The molecular weight excluding hydrogens is 297 g/mol. The van der Waals surface area contributed by atoms with E-state index in [-0.39, 0.29) is 69.5 Å². The van der Waals surface area contributed by atoms with Gasteiger partial charge in [0.05, 0.1) is 0 Å². The topological polar surface area (TPSA) is 86.6 Å². The number of benzene rings is 1. The molecule has 0 aromatic heterocycles. The fourth-order valence-corrected chi connectivity index (χ4v) is 1.87. The molecule has 0 radical (unpaired) electrons. The van der Waals surface area contributed by atoms with Crippen molar-refractivity contribution in [2.45, 2.75) is 45.1 Å². The molecule has 1 atom stereocenters. The minimum absolute atomic E-state index is 0. The van der Waals surface area contributed by atoms with E-state index in [1.54, 1.807) is 12.1 Å². The Bertz CT molecular complexity index is 447. The Kier molecular flexibility index (Phi) is 11.0. The van der Waals surface area contributed by atoms with E-state index in [1.807, 2.05) is 6.92 Å². The van der Waals surface area contributed by atoms with Gasteiger partial charge in [0.25, 0.3) is 0 Å². The summed E-state index contributed by atoms with van der Waals surface area (Å²) in [6.45, 7) is 2.04. The molecule has 112 valence electrons. The third-order valence-corrected chi connectivity index (χ3v) is 3.02. The van der Waals surface area contributed by atoms with Gasteiger partial charge in [0.15, 0.2) is 0 Å². The third kappa shape index (κ3) is 8.58. The predicted octanol–water partition coefficient (Wildman–Crippen LogP) is 1.44. The van der Waals surface area contributed by atoms with E-state index in [0.29, 0.717) is 6.42 Å². The number of aromatic hydroxyl groups is 1. The van der Waals surface area contributed by atoms with Gasteiger partial charge in [-0.25, -0.2) is 4.79 Å². The van der Waals surface area contributed by atoms with E-state index in [4.69, 9.17) is 5.11 Å². The second-order valence-electron chi connectivity index (χ2n) is 4.79. The molecular formula is C15H22KNO4. The van der Waals surface area contributed by atoms with Crippen LogP contribution in [0.1, 0.15) is 38.2 Å². The van der Waals surface area contributed by atoms with E-state index in [2.05, 4.69) is 5.32 Å². The monoisotopic (exact) mass is 319 g/mol. The minimum atomic E-state index is -1.05. The number of carbonyl (C=O) groups excluding carboxylic acids is 1. The molecule has 1 aromatic carbocycles. The van der Waals surface area contributed by atoms with Crippen LogP contribution in [0.5, 0.6) is 5.75 Å². The molecule has 0 aliphatic carbocycles. The zero-order valence-corrected chi connectivity index (χ0v) is 11.6. The van der Waals surface area contributed by atoms with E-state index in [9.17, 15) is 14.7 Å². The molecule has 0 fully saturated rings. The molecule has 0 saturated heterocycles. The van der Waals surface area contributed by atoms with E-state index < -0.39 is 12.0 Å². The second-order valence-corrected chi connectivity index (χ2v) is 4.79. The quantitative estimate of drug-likeness (QED) is 0.500. The molecule has 6 heteroatoms. The standard InChI is InChI=1S/C15H21NO4.K.H/c1-2-3-4-5-14(18)16-13(15(19)20)10-11-6-8-12(17)9-7-11;;/h6-9,13,17H,2-5,10H2,1H3,(H,16,18)(H,19,20);;. The predicted molar refractivity (Wildman–Crippen MR) is 82.7 cm³/mol. The molecule has 0 aliphatic heterocycles. The van der Waals surface area contributed by atoms with Crippen LogP contribution in [-0.4, -0.2) is 79.5 Å². The average molecular weight is 319 g/mol. The SMILES string of the molecule is CCCCCC(=O)NC(Cc1ccc(O)cc1)C(=O)O.[KH]. The maximum absolute atomic E-state index is 11.7. The number of hydrogen-bond acceptors (Lipinski definition) is 3. The summed E-state index contributed by atoms with van der Waals surface area (Å²) in [5.74, 6) is -1.16. The summed E-state index contributed by atoms with van der Waals surface area (Å²) in [6, 6.07) is 5.35. The van der Waals surface area contributed by atoms with Gasteiger partial charge in [-0.05, 0) is 24.1 Å². The molecule has 3 N–H and O–H groups in total. The Labute approximate surface area is 167 Å². The molecule has 0 bridgehead atoms. The molecule has 0 saturated carbocycles. The average Bonchev–Trinajstić information content (AvgIpc) is 2.40. The number of aliphatic carboxylic acids is 1. The zero-order chi connectivity index (χ0) is 15.0. The number of unbranched alkanes of at least 4 members (excludes halogenated alkanes) is 2. The van der Waals surface area contributed by atoms with Crippen molar-refractivity contribution in [3.63, 3.8) is 0 Å². The molecule has 0 heterocycles. The maximum atomic E-state index is 11.7.